The molecule has 0 aliphatic carbocycles. The Labute approximate surface area is 252 Å². The molecule has 0 aromatic carbocycles. The molecule has 3 heterocycles. The number of aromatic hydroxyl groups is 1. The van der Waals surface area contributed by atoms with Crippen LogP contribution in [0.5, 0.6) is 5.75 Å². The molecule has 22 heteroatoms. The van der Waals surface area contributed by atoms with E-state index in [1.54, 1.807) is 13.8 Å². The predicted octanol–water partition coefficient (Wildman–Crippen LogP) is -1.95. The number of β-lactam (4-membered cyclic amide) rings is 1. The van der Waals surface area contributed by atoms with E-state index >= 15 is 0 Å². The number of anilines is 1. The Morgan fingerprint density at radius 1 is 1.25 bits per heavy atom. The number of urea groups is 1. The van der Waals surface area contributed by atoms with Crippen LogP contribution >= 0.6 is 11.3 Å². The number of nitrogens with zero attached hydrogens (tertiary/aromatic N) is 4. The van der Waals surface area contributed by atoms with Gasteiger partial charge in [-0.2, -0.15) is 13.1 Å². The van der Waals surface area contributed by atoms with Crippen LogP contribution in [0.3, 0.4) is 0 Å². The van der Waals surface area contributed by atoms with Crippen molar-refractivity contribution in [3.63, 3.8) is 0 Å². The average molecular weight is 661 g/mol. The Morgan fingerprint density at radius 3 is 2.50 bits per heavy atom. The van der Waals surface area contributed by atoms with E-state index in [9.17, 15) is 52.4 Å². The summed E-state index contributed by atoms with van der Waals surface area (Å²) < 4.78 is 33.6. The van der Waals surface area contributed by atoms with E-state index in [2.05, 4.69) is 26.1 Å². The number of nitrogen functional groups attached to an aromatic ring is 1. The van der Waals surface area contributed by atoms with Crippen LogP contribution in [-0.2, 0) is 36.1 Å². The zero-order chi connectivity index (χ0) is 32.9. The number of rotatable bonds is 13. The molecule has 0 radical (unpaired) electrons. The summed E-state index contributed by atoms with van der Waals surface area (Å²) in [6, 6.07) is -3.33. The van der Waals surface area contributed by atoms with Crippen LogP contribution in [-0.4, -0.2) is 96.7 Å². The van der Waals surface area contributed by atoms with Gasteiger partial charge in [0.05, 0.1) is 24.5 Å². The molecule has 44 heavy (non-hydrogen) atoms. The van der Waals surface area contributed by atoms with Crippen molar-refractivity contribution in [3.05, 3.63) is 39.3 Å². The van der Waals surface area contributed by atoms with E-state index in [1.807, 2.05) is 0 Å². The number of hydrogen-bond donors (Lipinski definition) is 8. The van der Waals surface area contributed by atoms with E-state index < -0.39 is 82.3 Å². The number of nitrogens with two attached hydrogens (primary N) is 1. The molecule has 3 rings (SSSR count). The number of nitrogens with one attached hydrogen (secondary N) is 3. The van der Waals surface area contributed by atoms with Gasteiger partial charge in [0.25, 0.3) is 11.8 Å². The fourth-order valence-corrected chi connectivity index (χ4v) is 5.25. The van der Waals surface area contributed by atoms with Crippen LogP contribution in [0.4, 0.5) is 9.93 Å². The van der Waals surface area contributed by atoms with Gasteiger partial charge in [-0.1, -0.05) is 19.0 Å². The zero-order valence-corrected chi connectivity index (χ0v) is 24.5. The molecule has 0 bridgehead atoms. The fourth-order valence-electron chi connectivity index (χ4n) is 3.82. The highest BCUT2D eigenvalue weighted by molar-refractivity contribution is 7.84. The minimum Gasteiger partial charge on any atom is -0.503 e. The first kappa shape index (κ1) is 33.5. The van der Waals surface area contributed by atoms with Crippen molar-refractivity contribution in [2.75, 3.05) is 12.3 Å². The van der Waals surface area contributed by atoms with Crippen LogP contribution in [0.25, 0.3) is 0 Å². The number of carbonyl (C=O) groups excluding carboxylic acids is 3. The maximum atomic E-state index is 13.2. The molecule has 4 amide bonds. The van der Waals surface area contributed by atoms with Crippen LogP contribution in [0.1, 0.15) is 31.7 Å². The first-order valence-electron chi connectivity index (χ1n) is 12.4. The molecule has 20 nitrogen and oxygen atoms in total. The summed E-state index contributed by atoms with van der Waals surface area (Å²) >= 11 is 0.907. The van der Waals surface area contributed by atoms with Gasteiger partial charge in [-0.15, -0.1) is 11.3 Å². The molecule has 240 valence electrons. The molecule has 2 aromatic heterocycles. The number of thiazole rings is 1. The summed E-state index contributed by atoms with van der Waals surface area (Å²) in [5.41, 5.74) is 3.91. The lowest BCUT2D eigenvalue weighted by Gasteiger charge is -2.44. The van der Waals surface area contributed by atoms with Gasteiger partial charge in [0, 0.05) is 24.4 Å². The average Bonchev–Trinajstić information content (AvgIpc) is 3.34. The molecular weight excluding hydrogens is 632 g/mol. The zero-order valence-electron chi connectivity index (χ0n) is 22.9. The minimum atomic E-state index is -5.14. The summed E-state index contributed by atoms with van der Waals surface area (Å²) in [5, 5.41) is 40.1. The number of hydrogen-bond acceptors (Lipinski definition) is 14. The summed E-state index contributed by atoms with van der Waals surface area (Å²) in [5.74, 6) is -4.67. The van der Waals surface area contributed by atoms with Gasteiger partial charge in [0.2, 0.25) is 11.5 Å². The summed E-state index contributed by atoms with van der Waals surface area (Å²) in [7, 11) is -5.14. The number of carboxylic acid groups (broad SMARTS) is 1. The molecule has 0 unspecified atom stereocenters. The molecule has 1 saturated heterocycles. The van der Waals surface area contributed by atoms with E-state index in [0.717, 1.165) is 17.4 Å². The monoisotopic (exact) mass is 660 g/mol. The van der Waals surface area contributed by atoms with Crippen molar-refractivity contribution in [1.29, 1.82) is 0 Å². The summed E-state index contributed by atoms with van der Waals surface area (Å²) in [6.45, 7) is 2.38. The Morgan fingerprint density at radius 2 is 1.93 bits per heavy atom. The second kappa shape index (κ2) is 13.6. The quantitative estimate of drug-likeness (QED) is 0.0381. The van der Waals surface area contributed by atoms with E-state index in [0.29, 0.717) is 10.9 Å². The Balaban J connectivity index is 1.76. The first-order chi connectivity index (χ1) is 20.5. The molecule has 2 aromatic rings. The molecular formula is C22H28N8O12S2. The largest absolute Gasteiger partial charge is 0.503 e. The third kappa shape index (κ3) is 8.11. The highest BCUT2D eigenvalue weighted by Gasteiger charge is 2.54. The number of oxime groups is 1. The van der Waals surface area contributed by atoms with Crippen LogP contribution in [0, 0.1) is 5.92 Å². The lowest BCUT2D eigenvalue weighted by atomic mass is 9.98. The van der Waals surface area contributed by atoms with Crippen molar-refractivity contribution < 1.29 is 52.4 Å². The molecule has 3 atom stereocenters. The Hall–Kier alpha value is -4.96. The van der Waals surface area contributed by atoms with Crippen molar-refractivity contribution in [2.45, 2.75) is 45.0 Å². The Bertz CT molecular complexity index is 1640. The second-order valence-electron chi connectivity index (χ2n) is 9.63. The number of amides is 4. The SMILES string of the molecule is CC(C)C[C@H](O/N=C(\C(=O)N[C@@H]1C(=O)N(S(=O)(=O)O)[C@@H]1CNC(=O)NCc1cc(=O)c(O)cn1O)c1csc(N)n1)C(=O)O. The summed E-state index contributed by atoms with van der Waals surface area (Å²) in [4.78, 5) is 70.3. The van der Waals surface area contributed by atoms with Crippen molar-refractivity contribution in [3.8, 4) is 5.75 Å². The maximum absolute atomic E-state index is 13.2. The lowest BCUT2D eigenvalue weighted by Crippen LogP contribution is -2.74. The van der Waals surface area contributed by atoms with Crippen LogP contribution in [0.2, 0.25) is 0 Å². The summed E-state index contributed by atoms with van der Waals surface area (Å²) in [6.07, 6.45) is -0.730. The highest BCUT2D eigenvalue weighted by atomic mass is 32.2. The lowest BCUT2D eigenvalue weighted by molar-refractivity contribution is -0.151. The first-order valence-corrected chi connectivity index (χ1v) is 14.7. The van der Waals surface area contributed by atoms with Gasteiger partial charge in [-0.05, 0) is 5.92 Å². The normalized spacial score (nSPS) is 17.5. The van der Waals surface area contributed by atoms with E-state index in [4.69, 9.17) is 10.6 Å². The highest BCUT2D eigenvalue weighted by Crippen LogP contribution is 2.24. The van der Waals surface area contributed by atoms with Crippen LogP contribution in [0.15, 0.2) is 27.6 Å². The molecule has 1 aliphatic rings. The van der Waals surface area contributed by atoms with Gasteiger partial charge >= 0.3 is 22.3 Å². The fraction of sp³-hybridized carbons (Fsp3) is 0.409. The van der Waals surface area contributed by atoms with Crippen LogP contribution < -0.4 is 27.1 Å². The third-order valence-corrected chi connectivity index (χ3v) is 7.53. The van der Waals surface area contributed by atoms with Crippen molar-refractivity contribution >= 4 is 56.3 Å². The minimum absolute atomic E-state index is 0.00771. The van der Waals surface area contributed by atoms with Gasteiger partial charge in [-0.25, -0.2) is 18.9 Å². The van der Waals surface area contributed by atoms with E-state index in [-0.39, 0.29) is 33.2 Å². The van der Waals surface area contributed by atoms with E-state index in [1.165, 1.54) is 5.38 Å². The predicted molar refractivity (Wildman–Crippen MR) is 149 cm³/mol. The number of carbonyl (C=O) groups is 4. The number of aromatic nitrogens is 2. The third-order valence-electron chi connectivity index (χ3n) is 5.91. The van der Waals surface area contributed by atoms with Gasteiger partial charge in [-0.3, -0.25) is 18.9 Å². The topological polar surface area (TPSA) is 305 Å². The smallest absolute Gasteiger partial charge is 0.362 e. The van der Waals surface area contributed by atoms with Gasteiger partial charge in [0.15, 0.2) is 16.6 Å². The standard InChI is InChI=1S/C22H28N8O12S2/c1-9(2)3-15(20(35)36)42-28-16(11-8-43-21(23)26-11)18(33)27-17-12(30(19(17)34)44(39,40)41)6-25-22(37)24-5-10-4-13(31)14(32)7-29(10)38/h4,7-9,12,15,17,32,38H,3,5-6H2,1-2H3,(H2,23,26)(H,27,33)(H,35,36)(H2,24,25,37)(H,39,40,41)/b28-16-/t12-,15+,17+/m1/s1. The second-order valence-corrected chi connectivity index (χ2v) is 11.8. The maximum Gasteiger partial charge on any atom is 0.362 e. The molecule has 0 saturated carbocycles. The molecule has 0 spiro atoms. The van der Waals surface area contributed by atoms with Gasteiger partial charge < -0.3 is 41.9 Å². The molecule has 1 fully saturated rings. The van der Waals surface area contributed by atoms with Crippen molar-refractivity contribution in [1.82, 2.24) is 30.0 Å². The number of pyridine rings is 1. The van der Waals surface area contributed by atoms with Gasteiger partial charge in [0.1, 0.15) is 11.7 Å². The van der Waals surface area contributed by atoms with Crippen molar-refractivity contribution in [2.24, 2.45) is 11.1 Å². The molecule has 1 aliphatic heterocycles. The number of aliphatic carboxylic acids is 1. The molecule has 9 N–H and O–H groups in total. The number of carboxylic acids is 1. The Kier molecular flexibility index (Phi) is 10.3.